The molecule has 22 heavy (non-hydrogen) atoms. The number of aryl methyl sites for hydroxylation is 1. The minimum Gasteiger partial charge on any atom is -0.340 e. The minimum absolute atomic E-state index is 0.112. The third-order valence-electron chi connectivity index (χ3n) is 2.63. The van der Waals surface area contributed by atoms with Crippen molar-refractivity contribution in [3.8, 4) is 11.8 Å². The number of hydrogen-bond acceptors (Lipinski definition) is 4. The Kier molecular flexibility index (Phi) is 5.28. The Hall–Kier alpha value is -2.65. The summed E-state index contributed by atoms with van der Waals surface area (Å²) < 4.78 is 0. The second-order valence-corrected chi connectivity index (χ2v) is 5.56. The number of carbonyl (C=O) groups is 2. The first-order valence-electron chi connectivity index (χ1n) is 6.61. The van der Waals surface area contributed by atoms with Crippen LogP contribution in [-0.2, 0) is 4.79 Å². The van der Waals surface area contributed by atoms with E-state index in [1.54, 1.807) is 17.5 Å². The predicted octanol–water partition coefficient (Wildman–Crippen LogP) is 2.19. The van der Waals surface area contributed by atoms with E-state index in [9.17, 15) is 9.59 Å². The van der Waals surface area contributed by atoms with Crippen molar-refractivity contribution in [3.05, 3.63) is 45.9 Å². The van der Waals surface area contributed by atoms with E-state index in [-0.39, 0.29) is 18.4 Å². The Balaban J connectivity index is 1.86. The van der Waals surface area contributed by atoms with Gasteiger partial charge in [-0.1, -0.05) is 11.8 Å². The smallest absolute Gasteiger partial charge is 0.271 e. The fourth-order valence-corrected chi connectivity index (χ4v) is 2.26. The number of carbonyl (C=O) groups excluding carboxylic acids is 2. The highest BCUT2D eigenvalue weighted by atomic mass is 32.1. The van der Waals surface area contributed by atoms with Crippen molar-refractivity contribution in [2.45, 2.75) is 13.8 Å². The average molecular weight is 313 g/mol. The third-order valence-corrected chi connectivity index (χ3v) is 3.40. The van der Waals surface area contributed by atoms with E-state index >= 15 is 0 Å². The molecule has 0 saturated carbocycles. The molecule has 2 rings (SSSR count). The van der Waals surface area contributed by atoms with Crippen LogP contribution in [0.25, 0.3) is 0 Å². The number of thiazole rings is 1. The predicted molar refractivity (Wildman–Crippen MR) is 86.8 cm³/mol. The first-order chi connectivity index (χ1) is 10.5. The molecule has 1 aromatic carbocycles. The summed E-state index contributed by atoms with van der Waals surface area (Å²) >= 11 is 1.44. The Morgan fingerprint density at radius 2 is 2.00 bits per heavy atom. The Labute approximate surface area is 132 Å². The molecule has 0 aliphatic carbocycles. The molecule has 1 heterocycles. The molecule has 0 unspecified atom stereocenters. The molecule has 0 aliphatic rings. The van der Waals surface area contributed by atoms with Gasteiger partial charge in [-0.2, -0.15) is 0 Å². The molecule has 1 aromatic heterocycles. The van der Waals surface area contributed by atoms with Crippen LogP contribution in [0.3, 0.4) is 0 Å². The zero-order valence-electron chi connectivity index (χ0n) is 12.3. The van der Waals surface area contributed by atoms with Gasteiger partial charge < -0.3 is 10.6 Å². The van der Waals surface area contributed by atoms with E-state index in [0.29, 0.717) is 5.69 Å². The van der Waals surface area contributed by atoms with Gasteiger partial charge in [0.15, 0.2) is 0 Å². The van der Waals surface area contributed by atoms with Crippen molar-refractivity contribution in [2.24, 2.45) is 0 Å². The molecular weight excluding hydrogens is 298 g/mol. The Morgan fingerprint density at radius 3 is 2.59 bits per heavy atom. The highest BCUT2D eigenvalue weighted by Gasteiger charge is 2.07. The maximum atomic E-state index is 11.7. The van der Waals surface area contributed by atoms with Crippen molar-refractivity contribution in [1.82, 2.24) is 10.3 Å². The second-order valence-electron chi connectivity index (χ2n) is 4.49. The lowest BCUT2D eigenvalue weighted by molar-refractivity contribution is -0.114. The van der Waals surface area contributed by atoms with Gasteiger partial charge in [0, 0.05) is 23.6 Å². The average Bonchev–Trinajstić information content (AvgIpc) is 2.91. The molecule has 0 bridgehead atoms. The highest BCUT2D eigenvalue weighted by Crippen LogP contribution is 2.08. The summed E-state index contributed by atoms with van der Waals surface area (Å²) in [5.74, 6) is 5.48. The largest absolute Gasteiger partial charge is 0.340 e. The number of aromatic nitrogens is 1. The van der Waals surface area contributed by atoms with Crippen LogP contribution in [0.4, 0.5) is 5.69 Å². The molecule has 112 valence electrons. The van der Waals surface area contributed by atoms with Gasteiger partial charge in [0.05, 0.1) is 11.6 Å². The summed E-state index contributed by atoms with van der Waals surface area (Å²) in [6.07, 6.45) is 0. The molecule has 0 spiro atoms. The first kappa shape index (κ1) is 15.7. The summed E-state index contributed by atoms with van der Waals surface area (Å²) in [6, 6.07) is 7.18. The fraction of sp³-hybridized carbons (Fsp3) is 0.188. The quantitative estimate of drug-likeness (QED) is 0.853. The zero-order chi connectivity index (χ0) is 15.9. The molecule has 0 aliphatic heterocycles. The monoisotopic (exact) mass is 313 g/mol. The Morgan fingerprint density at radius 1 is 1.27 bits per heavy atom. The second kappa shape index (κ2) is 7.38. The maximum absolute atomic E-state index is 11.7. The van der Waals surface area contributed by atoms with E-state index in [0.717, 1.165) is 16.3 Å². The van der Waals surface area contributed by atoms with E-state index in [4.69, 9.17) is 0 Å². The van der Waals surface area contributed by atoms with Gasteiger partial charge in [-0.3, -0.25) is 9.59 Å². The summed E-state index contributed by atoms with van der Waals surface area (Å²) in [5, 5.41) is 7.96. The number of nitrogens with one attached hydrogen (secondary N) is 2. The Bertz CT molecular complexity index is 739. The van der Waals surface area contributed by atoms with E-state index in [1.165, 1.54) is 18.3 Å². The molecule has 0 saturated heterocycles. The van der Waals surface area contributed by atoms with E-state index in [1.807, 2.05) is 19.1 Å². The van der Waals surface area contributed by atoms with Crippen LogP contribution in [-0.4, -0.2) is 23.3 Å². The topological polar surface area (TPSA) is 71.1 Å². The van der Waals surface area contributed by atoms with Crippen LogP contribution in [0.1, 0.15) is 28.0 Å². The van der Waals surface area contributed by atoms with Gasteiger partial charge in [-0.15, -0.1) is 11.3 Å². The molecule has 0 radical (unpaired) electrons. The molecule has 0 atom stereocenters. The number of rotatable bonds is 3. The molecule has 2 N–H and O–H groups in total. The van der Waals surface area contributed by atoms with Gasteiger partial charge in [-0.05, 0) is 31.2 Å². The number of benzene rings is 1. The molecule has 5 nitrogen and oxygen atoms in total. The van der Waals surface area contributed by atoms with Crippen LogP contribution in [0, 0.1) is 18.8 Å². The minimum atomic E-state index is -0.223. The van der Waals surface area contributed by atoms with Crippen LogP contribution >= 0.6 is 11.3 Å². The fourth-order valence-electron chi connectivity index (χ4n) is 1.67. The van der Waals surface area contributed by atoms with Gasteiger partial charge in [-0.25, -0.2) is 4.98 Å². The van der Waals surface area contributed by atoms with Crippen molar-refractivity contribution < 1.29 is 9.59 Å². The van der Waals surface area contributed by atoms with Crippen molar-refractivity contribution >= 4 is 28.8 Å². The van der Waals surface area contributed by atoms with Crippen molar-refractivity contribution in [2.75, 3.05) is 11.9 Å². The number of amides is 2. The summed E-state index contributed by atoms with van der Waals surface area (Å²) in [5.41, 5.74) is 1.96. The number of hydrogen-bond donors (Lipinski definition) is 2. The third kappa shape index (κ3) is 4.72. The van der Waals surface area contributed by atoms with E-state index in [2.05, 4.69) is 27.5 Å². The van der Waals surface area contributed by atoms with Crippen LogP contribution < -0.4 is 10.6 Å². The first-order valence-corrected chi connectivity index (χ1v) is 7.49. The van der Waals surface area contributed by atoms with Crippen molar-refractivity contribution in [1.29, 1.82) is 0 Å². The van der Waals surface area contributed by atoms with E-state index < -0.39 is 0 Å². The SMILES string of the molecule is CC(=O)Nc1ccc(C#CCNC(=O)c2csc(C)n2)cc1. The molecule has 2 aromatic rings. The van der Waals surface area contributed by atoms with Crippen molar-refractivity contribution in [3.63, 3.8) is 0 Å². The zero-order valence-corrected chi connectivity index (χ0v) is 13.1. The molecule has 2 amide bonds. The number of anilines is 1. The molecular formula is C16H15N3O2S. The lowest BCUT2D eigenvalue weighted by atomic mass is 10.2. The summed E-state index contributed by atoms with van der Waals surface area (Å²) in [7, 11) is 0. The lowest BCUT2D eigenvalue weighted by Gasteiger charge is -2.00. The standard InChI is InChI=1S/C16H15N3O2S/c1-11(20)18-14-7-5-13(6-8-14)4-3-9-17-16(21)15-10-22-12(2)19-15/h5-8,10H,9H2,1-2H3,(H,17,21)(H,18,20). The van der Waals surface area contributed by atoms with Crippen LogP contribution in [0.15, 0.2) is 29.6 Å². The summed E-state index contributed by atoms with van der Waals surface area (Å²) in [4.78, 5) is 26.8. The molecule has 0 fully saturated rings. The lowest BCUT2D eigenvalue weighted by Crippen LogP contribution is -2.23. The van der Waals surface area contributed by atoms with Gasteiger partial charge in [0.2, 0.25) is 5.91 Å². The highest BCUT2D eigenvalue weighted by molar-refractivity contribution is 7.09. The summed E-state index contributed by atoms with van der Waals surface area (Å²) in [6.45, 7) is 3.56. The van der Waals surface area contributed by atoms with Crippen LogP contribution in [0.5, 0.6) is 0 Å². The van der Waals surface area contributed by atoms with Gasteiger partial charge in [0.25, 0.3) is 5.91 Å². The van der Waals surface area contributed by atoms with Gasteiger partial charge in [0.1, 0.15) is 5.69 Å². The number of nitrogens with zero attached hydrogens (tertiary/aromatic N) is 1. The maximum Gasteiger partial charge on any atom is 0.271 e. The normalized spacial score (nSPS) is 9.55. The van der Waals surface area contributed by atoms with Crippen LogP contribution in [0.2, 0.25) is 0 Å². The molecule has 6 heteroatoms. The van der Waals surface area contributed by atoms with Gasteiger partial charge >= 0.3 is 0 Å².